The topological polar surface area (TPSA) is 92.6 Å². The number of non-ortho nitro benzene ring substituents is 1. The standard InChI is InChI=1S/C18H14ClN3O4/c1-10-3-4-13(7-11(10)2)21-18(24)15(17(23)20-21)9-12-8-14(22(25)26)5-6-16(12)19/h3-9H,1-2H3,(H,20,23)/b15-9-. The van der Waals surface area contributed by atoms with Gasteiger partial charge in [0.05, 0.1) is 10.6 Å². The van der Waals surface area contributed by atoms with Crippen LogP contribution in [0.4, 0.5) is 11.4 Å². The first-order valence-electron chi connectivity index (χ1n) is 7.66. The number of rotatable bonds is 3. The Morgan fingerprint density at radius 2 is 1.85 bits per heavy atom. The van der Waals surface area contributed by atoms with Crippen molar-refractivity contribution in [3.8, 4) is 0 Å². The fourth-order valence-electron chi connectivity index (χ4n) is 2.51. The van der Waals surface area contributed by atoms with Gasteiger partial charge in [-0.3, -0.25) is 25.1 Å². The Morgan fingerprint density at radius 1 is 1.12 bits per heavy atom. The zero-order valence-electron chi connectivity index (χ0n) is 13.9. The van der Waals surface area contributed by atoms with Crippen LogP contribution in [0.15, 0.2) is 42.0 Å². The van der Waals surface area contributed by atoms with Crippen molar-refractivity contribution in [1.29, 1.82) is 0 Å². The van der Waals surface area contributed by atoms with Gasteiger partial charge in [0.15, 0.2) is 0 Å². The molecule has 1 aliphatic heterocycles. The number of benzene rings is 2. The number of nitro groups is 1. The van der Waals surface area contributed by atoms with Gasteiger partial charge in [0, 0.05) is 22.7 Å². The number of anilines is 1. The quantitative estimate of drug-likeness (QED) is 0.387. The molecule has 26 heavy (non-hydrogen) atoms. The van der Waals surface area contributed by atoms with Crippen molar-refractivity contribution >= 4 is 40.9 Å². The monoisotopic (exact) mass is 371 g/mol. The summed E-state index contributed by atoms with van der Waals surface area (Å²) in [6, 6.07) is 9.19. The minimum atomic E-state index is -0.601. The number of hydrogen-bond donors (Lipinski definition) is 1. The summed E-state index contributed by atoms with van der Waals surface area (Å²) < 4.78 is 0. The number of carbonyl (C=O) groups excluding carboxylic acids is 2. The highest BCUT2D eigenvalue weighted by molar-refractivity contribution is 6.34. The molecule has 3 rings (SSSR count). The van der Waals surface area contributed by atoms with Gasteiger partial charge < -0.3 is 0 Å². The third kappa shape index (κ3) is 3.16. The molecule has 2 aromatic rings. The van der Waals surface area contributed by atoms with E-state index in [1.807, 2.05) is 19.9 Å². The molecule has 0 atom stereocenters. The van der Waals surface area contributed by atoms with E-state index in [0.29, 0.717) is 5.69 Å². The molecule has 0 radical (unpaired) electrons. The molecule has 0 unspecified atom stereocenters. The predicted molar refractivity (Wildman–Crippen MR) is 97.6 cm³/mol. The highest BCUT2D eigenvalue weighted by Gasteiger charge is 2.34. The van der Waals surface area contributed by atoms with Crippen LogP contribution in [0, 0.1) is 24.0 Å². The van der Waals surface area contributed by atoms with E-state index in [-0.39, 0.29) is 21.8 Å². The van der Waals surface area contributed by atoms with Crippen molar-refractivity contribution in [2.24, 2.45) is 0 Å². The number of halogens is 1. The van der Waals surface area contributed by atoms with Crippen molar-refractivity contribution in [2.75, 3.05) is 5.01 Å². The Bertz CT molecular complexity index is 984. The fourth-order valence-corrected chi connectivity index (χ4v) is 2.69. The first kappa shape index (κ1) is 17.6. The summed E-state index contributed by atoms with van der Waals surface area (Å²) in [5, 5.41) is 12.3. The van der Waals surface area contributed by atoms with Gasteiger partial charge in [-0.05, 0) is 49.2 Å². The summed E-state index contributed by atoms with van der Waals surface area (Å²) in [7, 11) is 0. The van der Waals surface area contributed by atoms with Crippen LogP contribution < -0.4 is 10.4 Å². The molecule has 1 fully saturated rings. The number of hydrogen-bond acceptors (Lipinski definition) is 4. The average Bonchev–Trinajstić information content (AvgIpc) is 2.87. The van der Waals surface area contributed by atoms with E-state index in [9.17, 15) is 19.7 Å². The van der Waals surface area contributed by atoms with Crippen LogP contribution in [0.5, 0.6) is 0 Å². The maximum Gasteiger partial charge on any atom is 0.282 e. The van der Waals surface area contributed by atoms with Crippen molar-refractivity contribution < 1.29 is 14.5 Å². The van der Waals surface area contributed by atoms with E-state index in [1.54, 1.807) is 12.1 Å². The first-order chi connectivity index (χ1) is 12.3. The summed E-state index contributed by atoms with van der Waals surface area (Å²) in [6.07, 6.45) is 1.26. The van der Waals surface area contributed by atoms with Crippen LogP contribution in [0.25, 0.3) is 6.08 Å². The third-order valence-electron chi connectivity index (χ3n) is 4.13. The molecular formula is C18H14ClN3O4. The SMILES string of the molecule is Cc1ccc(N2NC(=O)/C(=C/c3cc([N+](=O)[O-])ccc3Cl)C2=O)cc1C. The fraction of sp³-hybridized carbons (Fsp3) is 0.111. The average molecular weight is 372 g/mol. The van der Waals surface area contributed by atoms with E-state index in [2.05, 4.69) is 5.43 Å². The largest absolute Gasteiger partial charge is 0.282 e. The molecule has 0 saturated carbocycles. The Morgan fingerprint density at radius 3 is 2.50 bits per heavy atom. The summed E-state index contributed by atoms with van der Waals surface area (Å²) in [5.41, 5.74) is 4.95. The Kier molecular flexibility index (Phi) is 4.48. The maximum absolute atomic E-state index is 12.6. The summed E-state index contributed by atoms with van der Waals surface area (Å²) in [5.74, 6) is -1.16. The zero-order chi connectivity index (χ0) is 19.0. The molecule has 2 amide bonds. The van der Waals surface area contributed by atoms with Gasteiger partial charge >= 0.3 is 0 Å². The normalized spacial score (nSPS) is 15.5. The summed E-state index contributed by atoms with van der Waals surface area (Å²) >= 11 is 6.04. The summed E-state index contributed by atoms with van der Waals surface area (Å²) in [6.45, 7) is 3.85. The number of nitrogens with one attached hydrogen (secondary N) is 1. The molecular weight excluding hydrogens is 358 g/mol. The lowest BCUT2D eigenvalue weighted by atomic mass is 10.1. The van der Waals surface area contributed by atoms with Crippen LogP contribution in [0.3, 0.4) is 0 Å². The predicted octanol–water partition coefficient (Wildman–Crippen LogP) is 3.33. The minimum absolute atomic E-state index is 0.148. The molecule has 1 heterocycles. The molecule has 1 N–H and O–H groups in total. The van der Waals surface area contributed by atoms with Gasteiger partial charge in [-0.1, -0.05) is 17.7 Å². The number of aryl methyl sites for hydroxylation is 2. The number of carbonyl (C=O) groups is 2. The Labute approximate surface area is 154 Å². The van der Waals surface area contributed by atoms with E-state index >= 15 is 0 Å². The highest BCUT2D eigenvalue weighted by atomic mass is 35.5. The molecule has 1 aliphatic rings. The number of nitrogens with zero attached hydrogens (tertiary/aromatic N) is 2. The van der Waals surface area contributed by atoms with Crippen LogP contribution in [0.1, 0.15) is 16.7 Å². The summed E-state index contributed by atoms with van der Waals surface area (Å²) in [4.78, 5) is 35.2. The van der Waals surface area contributed by atoms with Crippen LogP contribution >= 0.6 is 11.6 Å². The van der Waals surface area contributed by atoms with Crippen LogP contribution in [-0.2, 0) is 9.59 Å². The Hall–Kier alpha value is -3.19. The third-order valence-corrected chi connectivity index (χ3v) is 4.47. The number of amides is 2. The van der Waals surface area contributed by atoms with Gasteiger partial charge in [0.25, 0.3) is 17.5 Å². The number of nitro benzene ring substituents is 1. The molecule has 1 saturated heterocycles. The van der Waals surface area contributed by atoms with Gasteiger partial charge in [-0.2, -0.15) is 0 Å². The second kappa shape index (κ2) is 6.61. The van der Waals surface area contributed by atoms with E-state index in [4.69, 9.17) is 11.6 Å². The van der Waals surface area contributed by atoms with E-state index < -0.39 is 16.7 Å². The lowest BCUT2D eigenvalue weighted by Crippen LogP contribution is -2.35. The molecule has 0 aliphatic carbocycles. The van der Waals surface area contributed by atoms with Crippen molar-refractivity contribution in [1.82, 2.24) is 5.43 Å². The molecule has 2 aromatic carbocycles. The van der Waals surface area contributed by atoms with Crippen LogP contribution in [0.2, 0.25) is 5.02 Å². The lowest BCUT2D eigenvalue weighted by molar-refractivity contribution is -0.384. The zero-order valence-corrected chi connectivity index (χ0v) is 14.7. The molecule has 7 nitrogen and oxygen atoms in total. The van der Waals surface area contributed by atoms with Crippen molar-refractivity contribution in [2.45, 2.75) is 13.8 Å². The van der Waals surface area contributed by atoms with Gasteiger partial charge in [0.2, 0.25) is 0 Å². The second-order valence-corrected chi connectivity index (χ2v) is 6.28. The molecule has 0 bridgehead atoms. The van der Waals surface area contributed by atoms with Gasteiger partial charge in [-0.15, -0.1) is 0 Å². The lowest BCUT2D eigenvalue weighted by Gasteiger charge is -2.15. The molecule has 8 heteroatoms. The first-order valence-corrected chi connectivity index (χ1v) is 8.04. The van der Waals surface area contributed by atoms with Crippen molar-refractivity contribution in [3.05, 3.63) is 73.8 Å². The highest BCUT2D eigenvalue weighted by Crippen LogP contribution is 2.27. The Balaban J connectivity index is 1.99. The molecule has 0 aromatic heterocycles. The molecule has 132 valence electrons. The van der Waals surface area contributed by atoms with Gasteiger partial charge in [-0.25, -0.2) is 5.01 Å². The minimum Gasteiger partial charge on any atom is -0.267 e. The number of hydrazine groups is 1. The second-order valence-electron chi connectivity index (χ2n) is 5.87. The van der Waals surface area contributed by atoms with Crippen LogP contribution in [-0.4, -0.2) is 16.7 Å². The van der Waals surface area contributed by atoms with E-state index in [1.165, 1.54) is 24.3 Å². The maximum atomic E-state index is 12.6. The van der Waals surface area contributed by atoms with Gasteiger partial charge in [0.1, 0.15) is 5.57 Å². The van der Waals surface area contributed by atoms with Crippen molar-refractivity contribution in [3.63, 3.8) is 0 Å². The molecule has 0 spiro atoms. The smallest absolute Gasteiger partial charge is 0.267 e. The van der Waals surface area contributed by atoms with E-state index in [0.717, 1.165) is 16.1 Å².